The molecule has 146 valence electrons. The molecule has 0 amide bonds. The smallest absolute Gasteiger partial charge is 0.345 e. The summed E-state index contributed by atoms with van der Waals surface area (Å²) in [6.07, 6.45) is 1.72. The topological polar surface area (TPSA) is 110 Å². The molecule has 1 aromatic heterocycles. The lowest BCUT2D eigenvalue weighted by molar-refractivity contribution is -0.385. The summed E-state index contributed by atoms with van der Waals surface area (Å²) in [5.74, 6) is -1.01. The molecule has 0 bridgehead atoms. The number of aryl methyl sites for hydroxylation is 1. The van der Waals surface area contributed by atoms with Crippen LogP contribution in [-0.4, -0.2) is 34.6 Å². The van der Waals surface area contributed by atoms with E-state index in [-0.39, 0.29) is 23.9 Å². The highest BCUT2D eigenvalue weighted by atomic mass is 16.7. The Morgan fingerprint density at radius 2 is 1.93 bits per heavy atom. The molecule has 2 heterocycles. The second-order valence-corrected chi connectivity index (χ2v) is 6.16. The molecule has 0 unspecified atom stereocenters. The Kier molecular flexibility index (Phi) is 5.16. The number of nitro benzene ring substituents is 1. The molecule has 1 aliphatic heterocycles. The summed E-state index contributed by atoms with van der Waals surface area (Å²) in [6.45, 7) is 7.24. The number of esters is 1. The van der Waals surface area contributed by atoms with Crippen LogP contribution < -0.4 is 9.47 Å². The largest absolute Gasteiger partial charge is 0.454 e. The van der Waals surface area contributed by atoms with Crippen LogP contribution in [0, 0.1) is 24.0 Å². The van der Waals surface area contributed by atoms with E-state index >= 15 is 0 Å². The molecule has 28 heavy (non-hydrogen) atoms. The first-order valence-corrected chi connectivity index (χ1v) is 8.39. The Bertz CT molecular complexity index is 991. The third-order valence-electron chi connectivity index (χ3n) is 4.43. The minimum Gasteiger partial charge on any atom is -0.454 e. The van der Waals surface area contributed by atoms with Crippen molar-refractivity contribution in [2.24, 2.45) is 0 Å². The van der Waals surface area contributed by atoms with E-state index in [1.807, 2.05) is 11.5 Å². The third kappa shape index (κ3) is 3.46. The van der Waals surface area contributed by atoms with E-state index in [9.17, 15) is 19.7 Å². The van der Waals surface area contributed by atoms with E-state index in [1.165, 1.54) is 6.07 Å². The van der Waals surface area contributed by atoms with Crippen LogP contribution in [-0.2, 0) is 11.3 Å². The number of hydrogen-bond acceptors (Lipinski definition) is 7. The fourth-order valence-corrected chi connectivity index (χ4v) is 3.03. The van der Waals surface area contributed by atoms with Crippen molar-refractivity contribution < 1.29 is 28.7 Å². The molecule has 0 saturated carbocycles. The number of benzene rings is 1. The van der Waals surface area contributed by atoms with Crippen LogP contribution in [0.25, 0.3) is 0 Å². The molecule has 0 saturated heterocycles. The summed E-state index contributed by atoms with van der Waals surface area (Å²) >= 11 is 0. The molecule has 2 aromatic rings. The molecule has 0 radical (unpaired) electrons. The molecule has 1 aliphatic rings. The van der Waals surface area contributed by atoms with E-state index in [4.69, 9.17) is 14.2 Å². The van der Waals surface area contributed by atoms with Gasteiger partial charge in [-0.05, 0) is 19.9 Å². The van der Waals surface area contributed by atoms with Gasteiger partial charge in [0.2, 0.25) is 12.6 Å². The van der Waals surface area contributed by atoms with Crippen LogP contribution in [0.5, 0.6) is 11.5 Å². The maximum atomic E-state index is 12.5. The zero-order valence-electron chi connectivity index (χ0n) is 15.4. The number of carbonyl (C=O) groups excluding carboxylic acids is 2. The van der Waals surface area contributed by atoms with Gasteiger partial charge in [-0.1, -0.05) is 6.08 Å². The van der Waals surface area contributed by atoms with Gasteiger partial charge >= 0.3 is 5.97 Å². The van der Waals surface area contributed by atoms with Crippen LogP contribution in [0.15, 0.2) is 30.9 Å². The van der Waals surface area contributed by atoms with Crippen molar-refractivity contribution in [3.05, 3.63) is 63.5 Å². The molecule has 9 heteroatoms. The van der Waals surface area contributed by atoms with Crippen molar-refractivity contribution in [2.75, 3.05) is 13.4 Å². The Morgan fingerprint density at radius 3 is 2.57 bits per heavy atom. The van der Waals surface area contributed by atoms with Crippen molar-refractivity contribution in [1.29, 1.82) is 0 Å². The van der Waals surface area contributed by atoms with Crippen molar-refractivity contribution in [2.45, 2.75) is 20.4 Å². The fourth-order valence-electron chi connectivity index (χ4n) is 3.03. The quantitative estimate of drug-likeness (QED) is 0.236. The van der Waals surface area contributed by atoms with Crippen molar-refractivity contribution in [3.63, 3.8) is 0 Å². The number of hydrogen-bond donors (Lipinski definition) is 0. The maximum absolute atomic E-state index is 12.5. The van der Waals surface area contributed by atoms with Crippen LogP contribution >= 0.6 is 0 Å². The second-order valence-electron chi connectivity index (χ2n) is 6.16. The summed E-state index contributed by atoms with van der Waals surface area (Å²) in [6, 6.07) is 3.99. The highest BCUT2D eigenvalue weighted by Crippen LogP contribution is 2.38. The van der Waals surface area contributed by atoms with E-state index in [0.717, 1.165) is 17.5 Å². The van der Waals surface area contributed by atoms with E-state index in [0.29, 0.717) is 12.1 Å². The molecule has 0 spiro atoms. The van der Waals surface area contributed by atoms with Crippen molar-refractivity contribution >= 4 is 17.4 Å². The Labute approximate surface area is 160 Å². The zero-order chi connectivity index (χ0) is 20.4. The highest BCUT2D eigenvalue weighted by molar-refractivity contribution is 6.01. The number of Topliss-reactive ketones (excluding diaryl/α,β-unsaturated/α-hetero) is 1. The summed E-state index contributed by atoms with van der Waals surface area (Å²) < 4.78 is 17.2. The minimum atomic E-state index is -0.988. The molecular formula is C19H18N2O7. The van der Waals surface area contributed by atoms with Gasteiger partial charge in [0.1, 0.15) is 5.56 Å². The normalized spacial score (nSPS) is 11.9. The van der Waals surface area contributed by atoms with Gasteiger partial charge < -0.3 is 18.8 Å². The van der Waals surface area contributed by atoms with Gasteiger partial charge in [0.05, 0.1) is 11.0 Å². The summed E-state index contributed by atoms with van der Waals surface area (Å²) in [5, 5.41) is 11.3. The monoisotopic (exact) mass is 386 g/mol. The van der Waals surface area contributed by atoms with E-state index in [1.54, 1.807) is 19.1 Å². The maximum Gasteiger partial charge on any atom is 0.345 e. The number of aromatic nitrogens is 1. The molecule has 0 atom stereocenters. The predicted octanol–water partition coefficient (Wildman–Crippen LogP) is 2.97. The summed E-state index contributed by atoms with van der Waals surface area (Å²) in [4.78, 5) is 35.4. The van der Waals surface area contributed by atoms with Crippen molar-refractivity contribution in [3.8, 4) is 11.5 Å². The number of allylic oxidation sites excluding steroid dienone is 1. The van der Waals surface area contributed by atoms with Crippen LogP contribution in [0.3, 0.4) is 0 Å². The lowest BCUT2D eigenvalue weighted by Crippen LogP contribution is -2.16. The van der Waals surface area contributed by atoms with E-state index in [2.05, 4.69) is 6.58 Å². The summed E-state index contributed by atoms with van der Waals surface area (Å²) in [7, 11) is 0. The number of ketones is 1. The molecule has 0 fully saturated rings. The first kappa shape index (κ1) is 19.2. The van der Waals surface area contributed by atoms with Crippen LogP contribution in [0.4, 0.5) is 5.69 Å². The van der Waals surface area contributed by atoms with Gasteiger partial charge in [-0.25, -0.2) is 4.79 Å². The number of nitrogens with zero attached hydrogens (tertiary/aromatic N) is 2. The highest BCUT2D eigenvalue weighted by Gasteiger charge is 2.29. The molecule has 0 N–H and O–H groups in total. The number of carbonyl (C=O) groups is 2. The first-order valence-electron chi connectivity index (χ1n) is 8.39. The number of fused-ring (bicyclic) bond motifs is 1. The average Bonchev–Trinajstić information content (AvgIpc) is 3.24. The first-order chi connectivity index (χ1) is 13.3. The minimum absolute atomic E-state index is 0.0935. The zero-order valence-corrected chi connectivity index (χ0v) is 15.4. The second kappa shape index (κ2) is 7.55. The Balaban J connectivity index is 1.78. The van der Waals surface area contributed by atoms with Gasteiger partial charge in [0.25, 0.3) is 5.69 Å². The Hall–Kier alpha value is -3.62. The molecule has 0 aliphatic carbocycles. The van der Waals surface area contributed by atoms with E-state index < -0.39 is 29.0 Å². The fraction of sp³-hybridized carbons (Fsp3) is 0.263. The van der Waals surface area contributed by atoms with Crippen LogP contribution in [0.1, 0.15) is 32.1 Å². The van der Waals surface area contributed by atoms with Gasteiger partial charge in [0, 0.05) is 29.6 Å². The number of nitro groups is 1. The SMILES string of the molecule is C=CCn1c(C)cc(C(=O)COC(=O)c2cc3c(cc2[N+](=O)[O-])OCO3)c1C. The predicted molar refractivity (Wildman–Crippen MR) is 97.9 cm³/mol. The number of ether oxygens (including phenoxy) is 3. The third-order valence-corrected chi connectivity index (χ3v) is 4.43. The number of rotatable bonds is 7. The molecule has 9 nitrogen and oxygen atoms in total. The van der Waals surface area contributed by atoms with Crippen molar-refractivity contribution in [1.82, 2.24) is 4.57 Å². The average molecular weight is 386 g/mol. The summed E-state index contributed by atoms with van der Waals surface area (Å²) in [5.41, 5.74) is 1.24. The molecular weight excluding hydrogens is 368 g/mol. The lowest BCUT2D eigenvalue weighted by Gasteiger charge is -2.07. The Morgan fingerprint density at radius 1 is 1.25 bits per heavy atom. The van der Waals surface area contributed by atoms with Crippen LogP contribution in [0.2, 0.25) is 0 Å². The van der Waals surface area contributed by atoms with Gasteiger partial charge in [-0.2, -0.15) is 0 Å². The van der Waals surface area contributed by atoms with Gasteiger partial charge in [0.15, 0.2) is 18.1 Å². The van der Waals surface area contributed by atoms with Gasteiger partial charge in [-0.15, -0.1) is 6.58 Å². The lowest BCUT2D eigenvalue weighted by atomic mass is 10.1. The van der Waals surface area contributed by atoms with Gasteiger partial charge in [-0.3, -0.25) is 14.9 Å². The molecule has 1 aromatic carbocycles. The molecule has 3 rings (SSSR count). The standard InChI is InChI=1S/C19H18N2O7/c1-4-5-20-11(2)6-13(12(20)3)16(22)9-26-19(23)14-7-17-18(28-10-27-17)8-15(14)21(24)25/h4,6-8H,1,5,9-10H2,2-3H3.